The zero-order valence-corrected chi connectivity index (χ0v) is 9.84. The average molecular weight is 238 g/mol. The maximum atomic E-state index is 9.66. The van der Waals surface area contributed by atoms with Gasteiger partial charge in [-0.2, -0.15) is 5.10 Å². The molecule has 5 heteroatoms. The number of halogens is 1. The molecular formula is C11H12ClN3O. The first-order valence-corrected chi connectivity index (χ1v) is 5.43. The van der Waals surface area contributed by atoms with Crippen molar-refractivity contribution in [2.24, 2.45) is 0 Å². The Morgan fingerprint density at radius 3 is 2.44 bits per heavy atom. The zero-order chi connectivity index (χ0) is 11.7. The second-order valence-corrected chi connectivity index (χ2v) is 3.97. The lowest BCUT2D eigenvalue weighted by Crippen LogP contribution is -1.86. The fourth-order valence-electron chi connectivity index (χ4n) is 1.57. The largest absolute Gasteiger partial charge is 0.507 e. The molecule has 84 valence electrons. The van der Waals surface area contributed by atoms with E-state index in [0.717, 1.165) is 16.7 Å². The molecule has 1 heterocycles. The van der Waals surface area contributed by atoms with Crippen LogP contribution < -0.4 is 0 Å². The average Bonchev–Trinajstić information content (AvgIpc) is 2.73. The van der Waals surface area contributed by atoms with Gasteiger partial charge < -0.3 is 5.11 Å². The number of nitrogens with zero attached hydrogens (tertiary/aromatic N) is 2. The van der Waals surface area contributed by atoms with Crippen molar-refractivity contribution in [2.75, 3.05) is 0 Å². The molecule has 0 saturated carbocycles. The van der Waals surface area contributed by atoms with Gasteiger partial charge >= 0.3 is 0 Å². The molecule has 0 bridgehead atoms. The van der Waals surface area contributed by atoms with Crippen LogP contribution in [0.25, 0.3) is 11.4 Å². The Morgan fingerprint density at radius 2 is 1.94 bits per heavy atom. The van der Waals surface area contributed by atoms with Gasteiger partial charge in [0.2, 0.25) is 0 Å². The summed E-state index contributed by atoms with van der Waals surface area (Å²) in [7, 11) is 0. The van der Waals surface area contributed by atoms with Crippen LogP contribution >= 0.6 is 11.6 Å². The number of phenols is 1. The monoisotopic (exact) mass is 237 g/mol. The van der Waals surface area contributed by atoms with Crippen molar-refractivity contribution in [1.82, 2.24) is 15.2 Å². The van der Waals surface area contributed by atoms with Crippen LogP contribution in [-0.2, 0) is 5.88 Å². The van der Waals surface area contributed by atoms with Crippen LogP contribution in [-0.4, -0.2) is 20.3 Å². The molecule has 0 aliphatic carbocycles. The van der Waals surface area contributed by atoms with Crippen LogP contribution in [0.3, 0.4) is 0 Å². The topological polar surface area (TPSA) is 61.8 Å². The van der Waals surface area contributed by atoms with Gasteiger partial charge in [0.05, 0.1) is 5.88 Å². The molecule has 0 radical (unpaired) electrons. The predicted molar refractivity (Wildman–Crippen MR) is 62.5 cm³/mol. The van der Waals surface area contributed by atoms with Crippen LogP contribution in [0.15, 0.2) is 12.1 Å². The van der Waals surface area contributed by atoms with E-state index in [9.17, 15) is 5.11 Å². The maximum Gasteiger partial charge on any atom is 0.181 e. The van der Waals surface area contributed by atoms with Crippen LogP contribution in [0.1, 0.15) is 17.0 Å². The van der Waals surface area contributed by atoms with Crippen molar-refractivity contribution < 1.29 is 5.11 Å². The number of aromatic hydroxyl groups is 1. The molecule has 2 aromatic rings. The molecule has 0 atom stereocenters. The summed E-state index contributed by atoms with van der Waals surface area (Å²) in [5, 5.41) is 16.5. The summed E-state index contributed by atoms with van der Waals surface area (Å²) in [5.41, 5.74) is 2.50. The van der Waals surface area contributed by atoms with Gasteiger partial charge in [-0.1, -0.05) is 0 Å². The minimum absolute atomic E-state index is 0.309. The number of hydrogen-bond acceptors (Lipinski definition) is 3. The molecule has 0 unspecified atom stereocenters. The van der Waals surface area contributed by atoms with Gasteiger partial charge in [-0.05, 0) is 37.1 Å². The molecule has 1 aromatic carbocycles. The third kappa shape index (κ3) is 1.88. The normalized spacial score (nSPS) is 10.7. The first kappa shape index (κ1) is 11.0. The van der Waals surface area contributed by atoms with Crippen molar-refractivity contribution in [3.63, 3.8) is 0 Å². The van der Waals surface area contributed by atoms with E-state index in [1.165, 1.54) is 0 Å². The molecule has 0 fully saturated rings. The van der Waals surface area contributed by atoms with Gasteiger partial charge in [0.15, 0.2) is 5.82 Å². The molecule has 1 aromatic heterocycles. The van der Waals surface area contributed by atoms with Gasteiger partial charge in [0, 0.05) is 5.56 Å². The molecule has 16 heavy (non-hydrogen) atoms. The molecule has 0 aliphatic heterocycles. The molecule has 0 amide bonds. The lowest BCUT2D eigenvalue weighted by Gasteiger charge is -2.04. The first-order chi connectivity index (χ1) is 7.61. The number of nitrogens with one attached hydrogen (secondary N) is 1. The highest BCUT2D eigenvalue weighted by molar-refractivity contribution is 6.16. The highest BCUT2D eigenvalue weighted by atomic mass is 35.5. The van der Waals surface area contributed by atoms with Crippen molar-refractivity contribution in [1.29, 1.82) is 0 Å². The van der Waals surface area contributed by atoms with E-state index in [-0.39, 0.29) is 0 Å². The molecule has 2 N–H and O–H groups in total. The van der Waals surface area contributed by atoms with E-state index in [0.29, 0.717) is 23.3 Å². The van der Waals surface area contributed by atoms with Gasteiger partial charge in [-0.3, -0.25) is 5.10 Å². The van der Waals surface area contributed by atoms with Crippen LogP contribution in [0.2, 0.25) is 0 Å². The van der Waals surface area contributed by atoms with Gasteiger partial charge in [-0.15, -0.1) is 11.6 Å². The summed E-state index contributed by atoms with van der Waals surface area (Å²) >= 11 is 5.64. The van der Waals surface area contributed by atoms with E-state index in [1.54, 1.807) is 0 Å². The third-order valence-corrected chi connectivity index (χ3v) is 2.66. The van der Waals surface area contributed by atoms with Crippen molar-refractivity contribution >= 4 is 11.6 Å². The molecule has 0 aliphatic rings. The summed E-state index contributed by atoms with van der Waals surface area (Å²) in [6.07, 6.45) is 0. The summed E-state index contributed by atoms with van der Waals surface area (Å²) in [5.74, 6) is 1.86. The number of aromatic amines is 1. The molecule has 0 saturated heterocycles. The van der Waals surface area contributed by atoms with Crippen molar-refractivity contribution in [2.45, 2.75) is 19.7 Å². The Bertz CT molecular complexity index is 499. The first-order valence-electron chi connectivity index (χ1n) is 4.89. The summed E-state index contributed by atoms with van der Waals surface area (Å²) in [6, 6.07) is 3.70. The number of alkyl halides is 1. The fourth-order valence-corrected chi connectivity index (χ4v) is 1.69. The molecule has 2 rings (SSSR count). The Kier molecular flexibility index (Phi) is 2.83. The smallest absolute Gasteiger partial charge is 0.181 e. The summed E-state index contributed by atoms with van der Waals surface area (Å²) in [6.45, 7) is 3.70. The minimum atomic E-state index is 0.309. The number of H-pyrrole nitrogens is 1. The molecule has 0 spiro atoms. The lowest BCUT2D eigenvalue weighted by atomic mass is 10.1. The Hall–Kier alpha value is -1.55. The number of rotatable bonds is 2. The van der Waals surface area contributed by atoms with Gasteiger partial charge in [0.25, 0.3) is 0 Å². The number of phenolic OH excluding ortho intramolecular Hbond substituents is 1. The Labute approximate surface area is 98.3 Å². The highest BCUT2D eigenvalue weighted by Crippen LogP contribution is 2.27. The minimum Gasteiger partial charge on any atom is -0.507 e. The van der Waals surface area contributed by atoms with Crippen LogP contribution in [0, 0.1) is 13.8 Å². The van der Waals surface area contributed by atoms with Crippen molar-refractivity contribution in [3.05, 3.63) is 29.1 Å². The second-order valence-electron chi connectivity index (χ2n) is 3.70. The highest BCUT2D eigenvalue weighted by Gasteiger charge is 2.09. The quantitative estimate of drug-likeness (QED) is 0.789. The fraction of sp³-hybridized carbons (Fsp3) is 0.273. The Morgan fingerprint density at radius 1 is 1.31 bits per heavy atom. The summed E-state index contributed by atoms with van der Waals surface area (Å²) in [4.78, 5) is 4.23. The van der Waals surface area contributed by atoms with Gasteiger partial charge in [0.1, 0.15) is 11.6 Å². The van der Waals surface area contributed by atoms with E-state index in [1.807, 2.05) is 26.0 Å². The van der Waals surface area contributed by atoms with E-state index in [2.05, 4.69) is 15.2 Å². The Balaban J connectivity index is 2.48. The van der Waals surface area contributed by atoms with Crippen LogP contribution in [0.4, 0.5) is 0 Å². The van der Waals surface area contributed by atoms with E-state index >= 15 is 0 Å². The number of benzene rings is 1. The number of aryl methyl sites for hydroxylation is 2. The predicted octanol–water partition coefficient (Wildman–Crippen LogP) is 2.53. The maximum absolute atomic E-state index is 9.66. The molecule has 4 nitrogen and oxygen atoms in total. The molecular weight excluding hydrogens is 226 g/mol. The second kappa shape index (κ2) is 4.14. The number of aromatic nitrogens is 3. The standard InChI is InChI=1S/C11H12ClN3O/c1-6-3-8(4-7(2)10(6)16)11-13-9(5-12)14-15-11/h3-4,16H,5H2,1-2H3,(H,13,14,15). The lowest BCUT2D eigenvalue weighted by molar-refractivity contribution is 0.467. The zero-order valence-electron chi connectivity index (χ0n) is 9.08. The van der Waals surface area contributed by atoms with Crippen LogP contribution in [0.5, 0.6) is 5.75 Å². The SMILES string of the molecule is Cc1cc(-c2n[nH]c(CCl)n2)cc(C)c1O. The van der Waals surface area contributed by atoms with Crippen molar-refractivity contribution in [3.8, 4) is 17.1 Å². The van der Waals surface area contributed by atoms with E-state index < -0.39 is 0 Å². The number of hydrogen-bond donors (Lipinski definition) is 2. The summed E-state index contributed by atoms with van der Waals surface area (Å²) < 4.78 is 0. The van der Waals surface area contributed by atoms with E-state index in [4.69, 9.17) is 11.6 Å². The third-order valence-electron chi connectivity index (χ3n) is 2.41. The van der Waals surface area contributed by atoms with Gasteiger partial charge in [-0.25, -0.2) is 4.98 Å².